The zero-order valence-electron chi connectivity index (χ0n) is 17.7. The molecule has 7 heteroatoms. The molecule has 0 amide bonds. The second kappa shape index (κ2) is 14.0. The first-order valence-corrected chi connectivity index (χ1v) is 12.2. The molecule has 3 unspecified atom stereocenters. The highest BCUT2D eigenvalue weighted by molar-refractivity contribution is 7.92. The Morgan fingerprint density at radius 3 is 2.00 bits per heavy atom. The van der Waals surface area contributed by atoms with Crippen LogP contribution in [0.15, 0.2) is 0 Å². The lowest BCUT2D eigenvalue weighted by molar-refractivity contribution is -0.154. The van der Waals surface area contributed by atoms with Crippen LogP contribution in [0.2, 0.25) is 0 Å². The van der Waals surface area contributed by atoms with Crippen LogP contribution < -0.4 is 0 Å². The molecule has 3 atom stereocenters. The van der Waals surface area contributed by atoms with Crippen LogP contribution in [0.25, 0.3) is 0 Å². The maximum Gasteiger partial charge on any atom is 0.324 e. The van der Waals surface area contributed by atoms with Gasteiger partial charge < -0.3 is 9.47 Å². The van der Waals surface area contributed by atoms with Crippen molar-refractivity contribution in [1.29, 1.82) is 0 Å². The second-order valence-electron chi connectivity index (χ2n) is 7.23. The number of carbonyl (C=O) groups excluding carboxylic acids is 2. The van der Waals surface area contributed by atoms with Gasteiger partial charge in [0.2, 0.25) is 0 Å². The van der Waals surface area contributed by atoms with Crippen molar-refractivity contribution in [3.63, 3.8) is 0 Å². The number of esters is 2. The minimum absolute atomic E-state index is 0.185. The number of sulfone groups is 1. The van der Waals surface area contributed by atoms with Crippen LogP contribution in [0, 0.1) is 5.92 Å². The fourth-order valence-corrected chi connectivity index (χ4v) is 3.62. The molecule has 0 aliphatic rings. The molecule has 0 heterocycles. The van der Waals surface area contributed by atoms with Crippen LogP contribution in [0.5, 0.6) is 0 Å². The predicted octanol–water partition coefficient (Wildman–Crippen LogP) is 4.06. The van der Waals surface area contributed by atoms with Gasteiger partial charge in [-0.1, -0.05) is 59.8 Å². The zero-order chi connectivity index (χ0) is 20.9. The normalized spacial score (nSPS) is 15.0. The molecule has 0 saturated heterocycles. The summed E-state index contributed by atoms with van der Waals surface area (Å²) in [5, 5.41) is -1.50. The Bertz CT molecular complexity index is 529. The van der Waals surface area contributed by atoms with Gasteiger partial charge >= 0.3 is 11.9 Å². The minimum Gasteiger partial charge on any atom is -0.464 e. The predicted molar refractivity (Wildman–Crippen MR) is 107 cm³/mol. The van der Waals surface area contributed by atoms with E-state index in [4.69, 9.17) is 9.47 Å². The summed E-state index contributed by atoms with van der Waals surface area (Å²) in [7, 11) is -3.77. The first-order chi connectivity index (χ1) is 12.7. The molecule has 0 radical (unpaired) electrons. The molecule has 0 bridgehead atoms. The summed E-state index contributed by atoms with van der Waals surface area (Å²) in [6.45, 7) is 8.25. The van der Waals surface area contributed by atoms with Gasteiger partial charge in [-0.3, -0.25) is 9.59 Å². The Morgan fingerprint density at radius 1 is 0.926 bits per heavy atom. The number of hydrogen-bond acceptors (Lipinski definition) is 6. The monoisotopic (exact) mass is 406 g/mol. The van der Waals surface area contributed by atoms with Crippen LogP contribution >= 0.6 is 0 Å². The molecule has 0 aliphatic carbocycles. The molecule has 0 spiro atoms. The van der Waals surface area contributed by atoms with Gasteiger partial charge in [0.15, 0.2) is 15.1 Å². The van der Waals surface area contributed by atoms with E-state index in [0.29, 0.717) is 6.42 Å². The first-order valence-electron chi connectivity index (χ1n) is 10.2. The van der Waals surface area contributed by atoms with Crippen LogP contribution in [0.1, 0.15) is 85.5 Å². The van der Waals surface area contributed by atoms with E-state index in [1.54, 1.807) is 0 Å². The SMILES string of the molecule is CCCCC(CC)COC(=O)C(CC(=O)OC(CC)CCCC)S(C)(=O)=O. The van der Waals surface area contributed by atoms with Gasteiger partial charge in [0.05, 0.1) is 13.0 Å². The summed E-state index contributed by atoms with van der Waals surface area (Å²) >= 11 is 0. The van der Waals surface area contributed by atoms with Gasteiger partial charge in [-0.2, -0.15) is 0 Å². The third kappa shape index (κ3) is 11.4. The molecular formula is C20H38O6S. The number of hydrogen-bond donors (Lipinski definition) is 0. The summed E-state index contributed by atoms with van der Waals surface area (Å²) in [5.41, 5.74) is 0. The topological polar surface area (TPSA) is 86.7 Å². The van der Waals surface area contributed by atoms with Crippen LogP contribution in [0.4, 0.5) is 0 Å². The van der Waals surface area contributed by atoms with Crippen molar-refractivity contribution < 1.29 is 27.5 Å². The van der Waals surface area contributed by atoms with Gasteiger partial charge in [-0.25, -0.2) is 8.42 Å². The Hall–Kier alpha value is -1.11. The summed E-state index contributed by atoms with van der Waals surface area (Å²) in [6, 6.07) is 0. The minimum atomic E-state index is -3.77. The highest BCUT2D eigenvalue weighted by Crippen LogP contribution is 2.16. The lowest BCUT2D eigenvalue weighted by Gasteiger charge is -2.20. The van der Waals surface area contributed by atoms with Crippen LogP contribution in [-0.2, 0) is 28.9 Å². The van der Waals surface area contributed by atoms with E-state index >= 15 is 0 Å². The van der Waals surface area contributed by atoms with Crippen LogP contribution in [0.3, 0.4) is 0 Å². The maximum absolute atomic E-state index is 12.3. The summed E-state index contributed by atoms with van der Waals surface area (Å²) in [6.07, 6.45) is 7.41. The fourth-order valence-electron chi connectivity index (χ4n) is 2.76. The molecule has 0 aromatic rings. The lowest BCUT2D eigenvalue weighted by Crippen LogP contribution is -2.35. The molecule has 0 fully saturated rings. The smallest absolute Gasteiger partial charge is 0.324 e. The van der Waals surface area contributed by atoms with E-state index < -0.39 is 33.4 Å². The molecule has 0 rings (SSSR count). The maximum atomic E-state index is 12.3. The van der Waals surface area contributed by atoms with E-state index in [-0.39, 0.29) is 18.6 Å². The molecule has 0 saturated carbocycles. The molecule has 160 valence electrons. The van der Waals surface area contributed by atoms with E-state index in [1.807, 2.05) is 20.8 Å². The van der Waals surface area contributed by atoms with Crippen molar-refractivity contribution in [2.75, 3.05) is 12.9 Å². The van der Waals surface area contributed by atoms with Crippen LogP contribution in [-0.4, -0.2) is 44.6 Å². The Labute approximate surface area is 165 Å². The molecule has 27 heavy (non-hydrogen) atoms. The van der Waals surface area contributed by atoms with Gasteiger partial charge in [0.25, 0.3) is 0 Å². The highest BCUT2D eigenvalue weighted by Gasteiger charge is 2.34. The summed E-state index contributed by atoms with van der Waals surface area (Å²) in [5.74, 6) is -1.31. The molecular weight excluding hydrogens is 368 g/mol. The molecule has 0 aliphatic heterocycles. The number of ether oxygens (including phenoxy) is 2. The fraction of sp³-hybridized carbons (Fsp3) is 0.900. The second-order valence-corrected chi connectivity index (χ2v) is 9.46. The third-order valence-electron chi connectivity index (χ3n) is 4.77. The number of unbranched alkanes of at least 4 members (excludes halogenated alkanes) is 2. The molecule has 0 N–H and O–H groups in total. The summed E-state index contributed by atoms with van der Waals surface area (Å²) < 4.78 is 34.6. The zero-order valence-corrected chi connectivity index (χ0v) is 18.5. The van der Waals surface area contributed by atoms with Gasteiger partial charge in [-0.15, -0.1) is 0 Å². The Kier molecular flexibility index (Phi) is 13.4. The van der Waals surface area contributed by atoms with E-state index in [9.17, 15) is 18.0 Å². The number of rotatable bonds is 15. The van der Waals surface area contributed by atoms with E-state index in [2.05, 4.69) is 6.92 Å². The van der Waals surface area contributed by atoms with Crippen molar-refractivity contribution in [2.45, 2.75) is 96.8 Å². The first kappa shape index (κ1) is 25.9. The van der Waals surface area contributed by atoms with Crippen molar-refractivity contribution in [3.05, 3.63) is 0 Å². The standard InChI is InChI=1S/C20H38O6S/c1-6-10-12-16(8-3)15-25-20(22)18(27(5,23)24)14-19(21)26-17(9-4)13-11-7-2/h16-18H,6-15H2,1-5H3. The Morgan fingerprint density at radius 2 is 1.52 bits per heavy atom. The van der Waals surface area contributed by atoms with E-state index in [1.165, 1.54) is 0 Å². The third-order valence-corrected chi connectivity index (χ3v) is 6.16. The van der Waals surface area contributed by atoms with Crippen molar-refractivity contribution >= 4 is 21.8 Å². The van der Waals surface area contributed by atoms with E-state index in [0.717, 1.165) is 51.2 Å². The van der Waals surface area contributed by atoms with Gasteiger partial charge in [0, 0.05) is 6.26 Å². The average Bonchev–Trinajstić information content (AvgIpc) is 2.62. The highest BCUT2D eigenvalue weighted by atomic mass is 32.2. The Balaban J connectivity index is 4.83. The van der Waals surface area contributed by atoms with Crippen molar-refractivity contribution in [2.24, 2.45) is 5.92 Å². The van der Waals surface area contributed by atoms with Gasteiger partial charge in [0.1, 0.15) is 6.10 Å². The van der Waals surface area contributed by atoms with Crippen molar-refractivity contribution in [1.82, 2.24) is 0 Å². The number of carbonyl (C=O) groups is 2. The molecule has 0 aromatic heterocycles. The molecule has 6 nitrogen and oxygen atoms in total. The lowest BCUT2D eigenvalue weighted by atomic mass is 10.0. The van der Waals surface area contributed by atoms with Crippen molar-refractivity contribution in [3.8, 4) is 0 Å². The largest absolute Gasteiger partial charge is 0.464 e. The van der Waals surface area contributed by atoms with Gasteiger partial charge in [-0.05, 0) is 25.2 Å². The summed E-state index contributed by atoms with van der Waals surface area (Å²) in [4.78, 5) is 24.5. The molecule has 0 aromatic carbocycles. The quantitative estimate of drug-likeness (QED) is 0.381. The average molecular weight is 407 g/mol.